The number of rotatable bonds is 4. The van der Waals surface area contributed by atoms with Gasteiger partial charge in [-0.05, 0) is 18.2 Å². The maximum Gasteiger partial charge on any atom is 0.287 e. The molecule has 1 aliphatic heterocycles. The van der Waals surface area contributed by atoms with Crippen molar-refractivity contribution < 1.29 is 18.3 Å². The van der Waals surface area contributed by atoms with Gasteiger partial charge in [0.25, 0.3) is 17.0 Å². The normalized spacial score (nSPS) is 18.3. The summed E-state index contributed by atoms with van der Waals surface area (Å²) in [7, 11) is 0. The molecule has 1 fully saturated rings. The smallest absolute Gasteiger partial charge is 0.287 e. The fourth-order valence-corrected chi connectivity index (χ4v) is 4.28. The Morgan fingerprint density at radius 2 is 1.97 bits per heavy atom. The monoisotopic (exact) mass is 442 g/mol. The molecule has 158 valence electrons. The molecule has 5 rings (SSSR count). The molecule has 31 heavy (non-hydrogen) atoms. The molecular formula is C20H16F2N6O2S. The summed E-state index contributed by atoms with van der Waals surface area (Å²) < 4.78 is 35.6. The van der Waals surface area contributed by atoms with Crippen LogP contribution < -0.4 is 4.74 Å². The van der Waals surface area contributed by atoms with E-state index in [2.05, 4.69) is 20.2 Å². The summed E-state index contributed by atoms with van der Waals surface area (Å²) in [6.07, 6.45) is 4.18. The third-order valence-electron chi connectivity index (χ3n) is 5.04. The number of thiazole rings is 1. The first kappa shape index (κ1) is 19.5. The van der Waals surface area contributed by atoms with Gasteiger partial charge in [-0.25, -0.2) is 13.8 Å². The minimum absolute atomic E-state index is 0.0870. The number of likely N-dealkylation sites (tertiary alicyclic amines) is 1. The Bertz CT molecular complexity index is 1200. The summed E-state index contributed by atoms with van der Waals surface area (Å²) in [6, 6.07) is 8.49. The number of benzene rings is 1. The Labute approximate surface area is 179 Å². The van der Waals surface area contributed by atoms with Crippen LogP contribution in [0, 0.1) is 0 Å². The first-order valence-corrected chi connectivity index (χ1v) is 10.3. The number of hydrogen-bond donors (Lipinski definition) is 0. The van der Waals surface area contributed by atoms with E-state index in [0.29, 0.717) is 16.8 Å². The Morgan fingerprint density at radius 3 is 2.77 bits per heavy atom. The van der Waals surface area contributed by atoms with Crippen molar-refractivity contribution in [1.29, 1.82) is 0 Å². The van der Waals surface area contributed by atoms with Gasteiger partial charge >= 0.3 is 0 Å². The number of hydrogen-bond acceptors (Lipinski definition) is 7. The zero-order chi connectivity index (χ0) is 21.4. The maximum absolute atomic E-state index is 14.6. The third-order valence-corrected chi connectivity index (χ3v) is 5.94. The Kier molecular flexibility index (Phi) is 4.81. The molecule has 1 aliphatic rings. The molecule has 8 nitrogen and oxygen atoms in total. The van der Waals surface area contributed by atoms with E-state index in [1.54, 1.807) is 42.7 Å². The molecule has 1 amide bonds. The molecule has 1 atom stereocenters. The van der Waals surface area contributed by atoms with Crippen LogP contribution in [0.4, 0.5) is 8.78 Å². The van der Waals surface area contributed by atoms with Gasteiger partial charge in [0.2, 0.25) is 0 Å². The maximum atomic E-state index is 14.6. The number of halogens is 2. The number of carbonyl (C=O) groups is 1. The van der Waals surface area contributed by atoms with E-state index >= 15 is 0 Å². The molecule has 1 unspecified atom stereocenters. The van der Waals surface area contributed by atoms with Gasteiger partial charge in [0.15, 0.2) is 6.10 Å². The Balaban J connectivity index is 1.40. The van der Waals surface area contributed by atoms with E-state index < -0.39 is 18.4 Å². The van der Waals surface area contributed by atoms with Gasteiger partial charge in [-0.2, -0.15) is 15.0 Å². The molecule has 3 aromatic heterocycles. The highest BCUT2D eigenvalue weighted by Gasteiger charge is 2.47. The van der Waals surface area contributed by atoms with E-state index in [-0.39, 0.29) is 24.2 Å². The highest BCUT2D eigenvalue weighted by atomic mass is 32.1. The number of para-hydroxylation sites is 1. The number of amides is 1. The van der Waals surface area contributed by atoms with Crippen molar-refractivity contribution >= 4 is 27.5 Å². The van der Waals surface area contributed by atoms with Crippen molar-refractivity contribution in [3.8, 4) is 10.9 Å². The van der Waals surface area contributed by atoms with Gasteiger partial charge in [0, 0.05) is 25.4 Å². The van der Waals surface area contributed by atoms with Crippen LogP contribution in [0.5, 0.6) is 5.19 Å². The lowest BCUT2D eigenvalue weighted by atomic mass is 10.0. The average Bonchev–Trinajstić information content (AvgIpc) is 3.44. The Morgan fingerprint density at radius 1 is 1.16 bits per heavy atom. The van der Waals surface area contributed by atoms with Crippen LogP contribution in [0.3, 0.4) is 0 Å². The molecule has 0 spiro atoms. The van der Waals surface area contributed by atoms with E-state index in [9.17, 15) is 13.6 Å². The summed E-state index contributed by atoms with van der Waals surface area (Å²) in [4.78, 5) is 24.2. The SMILES string of the molecule is O=C(c1ccccc1-n1nccn1)N1CCC(F)(F)C(Oc2nc3ccncc3s2)C1. The number of nitrogens with zero attached hydrogens (tertiary/aromatic N) is 6. The molecule has 11 heteroatoms. The predicted molar refractivity (Wildman–Crippen MR) is 109 cm³/mol. The second-order valence-corrected chi connectivity index (χ2v) is 8.02. The second-order valence-electron chi connectivity index (χ2n) is 7.03. The summed E-state index contributed by atoms with van der Waals surface area (Å²) in [5.74, 6) is -3.47. The number of piperidine rings is 1. The molecule has 0 radical (unpaired) electrons. The van der Waals surface area contributed by atoms with E-state index in [4.69, 9.17) is 4.74 Å². The second kappa shape index (κ2) is 7.65. The van der Waals surface area contributed by atoms with Crippen molar-refractivity contribution in [2.24, 2.45) is 0 Å². The highest BCUT2D eigenvalue weighted by molar-refractivity contribution is 7.20. The van der Waals surface area contributed by atoms with Gasteiger partial charge in [-0.3, -0.25) is 9.78 Å². The van der Waals surface area contributed by atoms with E-state index in [1.165, 1.54) is 22.1 Å². The first-order valence-electron chi connectivity index (χ1n) is 9.51. The quantitative estimate of drug-likeness (QED) is 0.483. The van der Waals surface area contributed by atoms with Gasteiger partial charge in [-0.1, -0.05) is 23.5 Å². The lowest BCUT2D eigenvalue weighted by Crippen LogP contribution is -2.55. The first-order chi connectivity index (χ1) is 15.0. The topological polar surface area (TPSA) is 86.0 Å². The number of pyridine rings is 1. The molecule has 0 aliphatic carbocycles. The predicted octanol–water partition coefficient (Wildman–Crippen LogP) is 3.20. The van der Waals surface area contributed by atoms with Gasteiger partial charge in [0.05, 0.1) is 40.4 Å². The minimum atomic E-state index is -3.09. The average molecular weight is 442 g/mol. The van der Waals surface area contributed by atoms with E-state index in [1.807, 2.05) is 0 Å². The number of ether oxygens (including phenoxy) is 1. The number of aromatic nitrogens is 5. The number of alkyl halides is 2. The fraction of sp³-hybridized carbons (Fsp3) is 0.250. The lowest BCUT2D eigenvalue weighted by molar-refractivity contribution is -0.130. The van der Waals surface area contributed by atoms with Crippen molar-refractivity contribution in [2.75, 3.05) is 13.1 Å². The van der Waals surface area contributed by atoms with Crippen LogP contribution in [0.1, 0.15) is 16.8 Å². The zero-order valence-electron chi connectivity index (χ0n) is 16.1. The summed E-state index contributed by atoms with van der Waals surface area (Å²) >= 11 is 1.15. The van der Waals surface area contributed by atoms with E-state index in [0.717, 1.165) is 16.0 Å². The largest absolute Gasteiger partial charge is 0.458 e. The van der Waals surface area contributed by atoms with Gasteiger partial charge < -0.3 is 9.64 Å². The van der Waals surface area contributed by atoms with Crippen molar-refractivity contribution in [3.63, 3.8) is 0 Å². The molecule has 4 heterocycles. The molecule has 0 bridgehead atoms. The molecule has 0 saturated carbocycles. The van der Waals surface area contributed by atoms with Crippen molar-refractivity contribution in [1.82, 2.24) is 29.9 Å². The van der Waals surface area contributed by atoms with Gasteiger partial charge in [0.1, 0.15) is 0 Å². The summed E-state index contributed by atoms with van der Waals surface area (Å²) in [6.45, 7) is -0.350. The molecule has 1 aromatic carbocycles. The summed E-state index contributed by atoms with van der Waals surface area (Å²) in [5, 5.41) is 8.26. The highest BCUT2D eigenvalue weighted by Crippen LogP contribution is 2.35. The van der Waals surface area contributed by atoms with Crippen LogP contribution in [0.2, 0.25) is 0 Å². The lowest BCUT2D eigenvalue weighted by Gasteiger charge is -2.37. The van der Waals surface area contributed by atoms with Crippen molar-refractivity contribution in [2.45, 2.75) is 18.4 Å². The van der Waals surface area contributed by atoms with Gasteiger partial charge in [-0.15, -0.1) is 0 Å². The van der Waals surface area contributed by atoms with Crippen LogP contribution in [-0.2, 0) is 0 Å². The third kappa shape index (κ3) is 3.72. The molecule has 0 N–H and O–H groups in total. The van der Waals surface area contributed by atoms with Crippen LogP contribution in [0.25, 0.3) is 15.9 Å². The number of fused-ring (bicyclic) bond motifs is 1. The van der Waals surface area contributed by atoms with Crippen LogP contribution in [-0.4, -0.2) is 60.9 Å². The molecule has 4 aromatic rings. The van der Waals surface area contributed by atoms with Crippen molar-refractivity contribution in [3.05, 3.63) is 60.7 Å². The standard InChI is InChI=1S/C20H16F2N6O2S/c21-20(22)6-10-27(12-17(20)30-19-26-14-5-7-23-11-16(14)31-19)18(29)13-3-1-2-4-15(13)28-24-8-9-25-28/h1-5,7-9,11,17H,6,10,12H2. The van der Waals surface area contributed by atoms with Crippen LogP contribution in [0.15, 0.2) is 55.1 Å². The molecule has 1 saturated heterocycles. The minimum Gasteiger partial charge on any atom is -0.458 e. The number of carbonyl (C=O) groups excluding carboxylic acids is 1. The zero-order valence-corrected chi connectivity index (χ0v) is 16.9. The molecular weight excluding hydrogens is 426 g/mol. The Hall–Kier alpha value is -3.47. The van der Waals surface area contributed by atoms with Crippen LogP contribution >= 0.6 is 11.3 Å². The fourth-order valence-electron chi connectivity index (χ4n) is 3.45. The summed E-state index contributed by atoms with van der Waals surface area (Å²) in [5.41, 5.74) is 1.43.